The molecule has 0 aliphatic carbocycles. The molecule has 0 rings (SSSR count). The average Bonchev–Trinajstić information content (AvgIpc) is 2.10. The maximum atomic E-state index is 10.8. The molecule has 5 nitrogen and oxygen atoms in total. The molecule has 0 saturated carbocycles. The number of aliphatic hydroxyl groups excluding tert-OH is 1. The van der Waals surface area contributed by atoms with Crippen molar-refractivity contribution in [1.29, 1.82) is 0 Å². The topological polar surface area (TPSA) is 81.8 Å². The molecular weight excluding hydrogens is 162 g/mol. The van der Waals surface area contributed by atoms with Gasteiger partial charge in [0.1, 0.15) is 6.04 Å². The molecule has 0 aromatic heterocycles. The summed E-state index contributed by atoms with van der Waals surface area (Å²) < 4.78 is 9.43. The Morgan fingerprint density at radius 2 is 2.25 bits per heavy atom. The van der Waals surface area contributed by atoms with E-state index in [-0.39, 0.29) is 13.2 Å². The Hall–Kier alpha value is -0.650. The van der Waals surface area contributed by atoms with E-state index in [4.69, 9.17) is 20.3 Å². The molecule has 0 fully saturated rings. The molecule has 0 aliphatic heterocycles. The molecule has 0 aromatic rings. The second-order valence-corrected chi connectivity index (χ2v) is 2.30. The van der Waals surface area contributed by atoms with Crippen LogP contribution in [-0.4, -0.2) is 44.0 Å². The van der Waals surface area contributed by atoms with Crippen LogP contribution in [0.15, 0.2) is 0 Å². The van der Waals surface area contributed by atoms with Crippen LogP contribution >= 0.6 is 0 Å². The lowest BCUT2D eigenvalue weighted by Gasteiger charge is -2.07. The Labute approximate surface area is 71.5 Å². The highest BCUT2D eigenvalue weighted by molar-refractivity contribution is 5.75. The minimum absolute atomic E-state index is 0.278. The van der Waals surface area contributed by atoms with Crippen molar-refractivity contribution in [3.8, 4) is 0 Å². The second-order valence-electron chi connectivity index (χ2n) is 2.30. The lowest BCUT2D eigenvalue weighted by atomic mass is 10.3. The number of ether oxygens (including phenoxy) is 2. The summed E-state index contributed by atoms with van der Waals surface area (Å²) in [7, 11) is 1.57. The van der Waals surface area contributed by atoms with E-state index in [1.165, 1.54) is 0 Å². The quantitative estimate of drug-likeness (QED) is 0.397. The minimum Gasteiger partial charge on any atom is -0.464 e. The van der Waals surface area contributed by atoms with Gasteiger partial charge in [-0.15, -0.1) is 0 Å². The molecule has 0 saturated heterocycles. The summed E-state index contributed by atoms with van der Waals surface area (Å²) in [5.74, 6) is -0.575. The van der Waals surface area contributed by atoms with Gasteiger partial charge >= 0.3 is 5.97 Å². The van der Waals surface area contributed by atoms with Crippen LogP contribution in [0.1, 0.15) is 6.42 Å². The molecule has 1 atom stereocenters. The molecule has 0 bridgehead atoms. The van der Waals surface area contributed by atoms with E-state index in [2.05, 4.69) is 0 Å². The molecule has 0 aliphatic rings. The van der Waals surface area contributed by atoms with Crippen molar-refractivity contribution < 1.29 is 19.4 Å². The molecule has 0 radical (unpaired) electrons. The maximum Gasteiger partial charge on any atom is 0.325 e. The Kier molecular flexibility index (Phi) is 6.64. The summed E-state index contributed by atoms with van der Waals surface area (Å²) in [6.07, 6.45) is 0.639. The van der Waals surface area contributed by atoms with Crippen LogP contribution in [0, 0.1) is 0 Å². The normalized spacial score (nSPS) is 12.6. The summed E-state index contributed by atoms with van der Waals surface area (Å²) >= 11 is 0. The van der Waals surface area contributed by atoms with Gasteiger partial charge in [0.25, 0.3) is 0 Å². The Morgan fingerprint density at radius 3 is 2.75 bits per heavy atom. The van der Waals surface area contributed by atoms with Crippen molar-refractivity contribution in [3.05, 3.63) is 0 Å². The summed E-state index contributed by atoms with van der Waals surface area (Å²) in [5.41, 5.74) is 5.18. The van der Waals surface area contributed by atoms with Crippen LogP contribution in [0.3, 0.4) is 0 Å². The molecular formula is C7H15NO4. The van der Waals surface area contributed by atoms with Gasteiger partial charge in [-0.25, -0.2) is 0 Å². The maximum absolute atomic E-state index is 10.8. The number of hydrogen-bond acceptors (Lipinski definition) is 5. The second kappa shape index (κ2) is 7.02. The van der Waals surface area contributed by atoms with Crippen molar-refractivity contribution in [3.63, 3.8) is 0 Å². The third-order valence-electron chi connectivity index (χ3n) is 1.24. The van der Waals surface area contributed by atoms with E-state index in [1.807, 2.05) is 0 Å². The number of carbonyl (C=O) groups is 1. The summed E-state index contributed by atoms with van der Waals surface area (Å²) in [5, 5.41) is 8.46. The van der Waals surface area contributed by atoms with Crippen LogP contribution in [0.5, 0.6) is 0 Å². The number of nitrogens with two attached hydrogens (primary N) is 1. The fourth-order valence-corrected chi connectivity index (χ4v) is 0.558. The lowest BCUT2D eigenvalue weighted by molar-refractivity contribution is -0.146. The molecule has 0 aromatic carbocycles. The first kappa shape index (κ1) is 11.4. The highest BCUT2D eigenvalue weighted by Crippen LogP contribution is 1.88. The summed E-state index contributed by atoms with van der Waals surface area (Å²) in [4.78, 5) is 10.8. The number of carbonyl (C=O) groups excluding carboxylic acids is 1. The van der Waals surface area contributed by atoms with Gasteiger partial charge in [0.15, 0.2) is 0 Å². The van der Waals surface area contributed by atoms with Crippen molar-refractivity contribution in [2.75, 3.05) is 26.9 Å². The molecule has 3 N–H and O–H groups in total. The van der Waals surface area contributed by atoms with Crippen molar-refractivity contribution >= 4 is 5.97 Å². The average molecular weight is 177 g/mol. The van der Waals surface area contributed by atoms with Gasteiger partial charge in [0.2, 0.25) is 0 Å². The molecule has 1 unspecified atom stereocenters. The summed E-state index contributed by atoms with van der Waals surface area (Å²) in [6, 6.07) is -0.924. The standard InChI is InChI=1S/C7H15NO4/c1-11-3-2-4-12-7(10)6(8)5-9/h6,9H,2-5,8H2,1H3. The first-order valence-electron chi connectivity index (χ1n) is 3.74. The van der Waals surface area contributed by atoms with Crippen LogP contribution < -0.4 is 5.73 Å². The first-order valence-corrected chi connectivity index (χ1v) is 3.74. The zero-order valence-electron chi connectivity index (χ0n) is 7.16. The van der Waals surface area contributed by atoms with E-state index < -0.39 is 12.0 Å². The van der Waals surface area contributed by atoms with Gasteiger partial charge in [-0.05, 0) is 0 Å². The Bertz CT molecular complexity index is 129. The van der Waals surface area contributed by atoms with Gasteiger partial charge in [0, 0.05) is 20.1 Å². The Morgan fingerprint density at radius 1 is 1.58 bits per heavy atom. The van der Waals surface area contributed by atoms with Gasteiger partial charge in [-0.2, -0.15) is 0 Å². The minimum atomic E-state index is -0.924. The predicted octanol–water partition coefficient (Wildman–Crippen LogP) is -1.11. The van der Waals surface area contributed by atoms with Crippen molar-refractivity contribution in [2.45, 2.75) is 12.5 Å². The van der Waals surface area contributed by atoms with Gasteiger partial charge in [-0.1, -0.05) is 0 Å². The van der Waals surface area contributed by atoms with E-state index in [1.54, 1.807) is 7.11 Å². The third kappa shape index (κ3) is 5.06. The van der Waals surface area contributed by atoms with E-state index in [0.717, 1.165) is 0 Å². The zero-order chi connectivity index (χ0) is 9.40. The summed E-state index contributed by atoms with van der Waals surface area (Å²) in [6.45, 7) is 0.436. The van der Waals surface area contributed by atoms with Gasteiger partial charge < -0.3 is 20.3 Å². The SMILES string of the molecule is COCCCOC(=O)C(N)CO. The fraction of sp³-hybridized carbons (Fsp3) is 0.857. The number of aliphatic hydroxyl groups is 1. The van der Waals surface area contributed by atoms with Crippen molar-refractivity contribution in [1.82, 2.24) is 0 Å². The number of hydrogen-bond donors (Lipinski definition) is 2. The lowest BCUT2D eigenvalue weighted by Crippen LogP contribution is -2.35. The largest absolute Gasteiger partial charge is 0.464 e. The molecule has 0 spiro atoms. The van der Waals surface area contributed by atoms with Gasteiger partial charge in [0.05, 0.1) is 13.2 Å². The predicted molar refractivity (Wildman–Crippen MR) is 42.5 cm³/mol. The third-order valence-corrected chi connectivity index (χ3v) is 1.24. The van der Waals surface area contributed by atoms with E-state index in [0.29, 0.717) is 13.0 Å². The van der Waals surface area contributed by atoms with Gasteiger partial charge in [-0.3, -0.25) is 4.79 Å². The highest BCUT2D eigenvalue weighted by atomic mass is 16.5. The first-order chi connectivity index (χ1) is 5.72. The molecule has 12 heavy (non-hydrogen) atoms. The van der Waals surface area contributed by atoms with Crippen molar-refractivity contribution in [2.24, 2.45) is 5.73 Å². The fourth-order valence-electron chi connectivity index (χ4n) is 0.558. The van der Waals surface area contributed by atoms with Crippen LogP contribution in [0.4, 0.5) is 0 Å². The van der Waals surface area contributed by atoms with Crippen LogP contribution in [0.25, 0.3) is 0 Å². The van der Waals surface area contributed by atoms with E-state index >= 15 is 0 Å². The smallest absolute Gasteiger partial charge is 0.325 e. The molecule has 0 heterocycles. The molecule has 5 heteroatoms. The van der Waals surface area contributed by atoms with Crippen LogP contribution in [-0.2, 0) is 14.3 Å². The molecule has 0 amide bonds. The van der Waals surface area contributed by atoms with E-state index in [9.17, 15) is 4.79 Å². The number of rotatable bonds is 6. The van der Waals surface area contributed by atoms with Crippen LogP contribution in [0.2, 0.25) is 0 Å². The highest BCUT2D eigenvalue weighted by Gasteiger charge is 2.12. The monoisotopic (exact) mass is 177 g/mol. The number of esters is 1. The Balaban J connectivity index is 3.31. The zero-order valence-corrected chi connectivity index (χ0v) is 7.16. The number of methoxy groups -OCH3 is 1. The molecule has 72 valence electrons.